The SMILES string of the molecule is CCCCCCCCCCCCCCCCCCCCC(=O)OCCCCC/C=C\CCCCCCCC(=O)NC(CO)C(O)CCCCCCCCCCCCC. The van der Waals surface area contributed by atoms with Gasteiger partial charge in [0.2, 0.25) is 5.91 Å². The lowest BCUT2D eigenvalue weighted by molar-refractivity contribution is -0.143. The van der Waals surface area contributed by atoms with E-state index in [4.69, 9.17) is 4.74 Å². The number of amides is 1. The Morgan fingerprint density at radius 2 is 0.810 bits per heavy atom. The van der Waals surface area contributed by atoms with E-state index >= 15 is 0 Å². The van der Waals surface area contributed by atoms with E-state index in [1.54, 1.807) is 0 Å². The Labute approximate surface area is 361 Å². The Balaban J connectivity index is 3.46. The second kappa shape index (κ2) is 48.3. The second-order valence-electron chi connectivity index (χ2n) is 17.9. The van der Waals surface area contributed by atoms with E-state index in [9.17, 15) is 19.8 Å². The molecule has 2 atom stereocenters. The summed E-state index contributed by atoms with van der Waals surface area (Å²) in [5.74, 6) is -0.0796. The van der Waals surface area contributed by atoms with Crippen LogP contribution in [0.25, 0.3) is 0 Å². The average Bonchev–Trinajstić information content (AvgIpc) is 3.22. The molecule has 0 heterocycles. The maximum absolute atomic E-state index is 12.4. The molecule has 0 saturated carbocycles. The van der Waals surface area contributed by atoms with Gasteiger partial charge in [-0.05, 0) is 57.8 Å². The lowest BCUT2D eigenvalue weighted by Gasteiger charge is -2.22. The van der Waals surface area contributed by atoms with Crippen LogP contribution in [0.5, 0.6) is 0 Å². The number of aliphatic hydroxyl groups is 2. The van der Waals surface area contributed by atoms with Crippen LogP contribution in [0.1, 0.15) is 284 Å². The Morgan fingerprint density at radius 3 is 1.22 bits per heavy atom. The minimum absolute atomic E-state index is 0.0185. The van der Waals surface area contributed by atoms with Crippen molar-refractivity contribution in [1.29, 1.82) is 0 Å². The average molecular weight is 820 g/mol. The van der Waals surface area contributed by atoms with Crippen molar-refractivity contribution in [3.05, 3.63) is 12.2 Å². The third kappa shape index (κ3) is 44.2. The number of unbranched alkanes of at least 4 members (excludes halogenated alkanes) is 35. The zero-order valence-electron chi connectivity index (χ0n) is 39.0. The summed E-state index contributed by atoms with van der Waals surface area (Å²) < 4.78 is 5.46. The molecule has 344 valence electrons. The molecule has 1 amide bonds. The highest BCUT2D eigenvalue weighted by Crippen LogP contribution is 2.16. The monoisotopic (exact) mass is 820 g/mol. The number of aliphatic hydroxyl groups excluding tert-OH is 2. The molecule has 0 aliphatic rings. The zero-order valence-corrected chi connectivity index (χ0v) is 39.0. The van der Waals surface area contributed by atoms with Crippen LogP contribution in [0.4, 0.5) is 0 Å². The van der Waals surface area contributed by atoms with Gasteiger partial charge in [0.25, 0.3) is 0 Å². The molecule has 0 bridgehead atoms. The third-order valence-electron chi connectivity index (χ3n) is 12.1. The first-order valence-corrected chi connectivity index (χ1v) is 25.9. The van der Waals surface area contributed by atoms with Gasteiger partial charge in [0, 0.05) is 12.8 Å². The van der Waals surface area contributed by atoms with Crippen molar-refractivity contribution < 1.29 is 24.5 Å². The van der Waals surface area contributed by atoms with Crippen molar-refractivity contribution in [3.63, 3.8) is 0 Å². The minimum Gasteiger partial charge on any atom is -0.466 e. The summed E-state index contributed by atoms with van der Waals surface area (Å²) in [6, 6.07) is -0.557. The maximum atomic E-state index is 12.4. The van der Waals surface area contributed by atoms with Gasteiger partial charge in [-0.3, -0.25) is 9.59 Å². The largest absolute Gasteiger partial charge is 0.466 e. The van der Waals surface area contributed by atoms with E-state index in [1.807, 2.05) is 0 Å². The van der Waals surface area contributed by atoms with E-state index in [-0.39, 0.29) is 18.5 Å². The van der Waals surface area contributed by atoms with Crippen LogP contribution in [-0.4, -0.2) is 47.4 Å². The number of ether oxygens (including phenoxy) is 1. The predicted octanol–water partition coefficient (Wildman–Crippen LogP) is 15.3. The predicted molar refractivity (Wildman–Crippen MR) is 250 cm³/mol. The molecule has 3 N–H and O–H groups in total. The first kappa shape index (κ1) is 56.6. The standard InChI is InChI=1S/C52H101NO5/c1-3-5-7-9-11-13-15-16-17-18-19-20-21-26-30-34-38-42-46-52(57)58-47-43-39-35-31-27-23-22-25-29-33-37-41-45-51(56)53-49(48-54)50(55)44-40-36-32-28-24-14-12-10-8-6-4-2/h23,27,49-50,54-55H,3-22,24-26,28-48H2,1-2H3,(H,53,56)/b27-23-. The summed E-state index contributed by atoms with van der Waals surface area (Å²) in [6.45, 7) is 4.89. The third-order valence-corrected chi connectivity index (χ3v) is 12.1. The summed E-state index contributed by atoms with van der Waals surface area (Å²) in [5, 5.41) is 23.1. The molecule has 0 radical (unpaired) electrons. The Hall–Kier alpha value is -1.40. The van der Waals surface area contributed by atoms with Gasteiger partial charge in [0.05, 0.1) is 25.4 Å². The van der Waals surface area contributed by atoms with Crippen LogP contribution in [0.15, 0.2) is 12.2 Å². The molecule has 0 aromatic carbocycles. The zero-order chi connectivity index (χ0) is 42.3. The fourth-order valence-corrected chi connectivity index (χ4v) is 8.05. The number of esters is 1. The molecule has 0 aliphatic heterocycles. The Morgan fingerprint density at radius 1 is 0.466 bits per heavy atom. The molecule has 58 heavy (non-hydrogen) atoms. The molecular weight excluding hydrogens is 719 g/mol. The lowest BCUT2D eigenvalue weighted by atomic mass is 10.0. The molecule has 0 aromatic rings. The molecular formula is C52H101NO5. The van der Waals surface area contributed by atoms with Crippen LogP contribution < -0.4 is 5.32 Å². The molecule has 2 unspecified atom stereocenters. The van der Waals surface area contributed by atoms with Gasteiger partial charge in [-0.15, -0.1) is 0 Å². The van der Waals surface area contributed by atoms with Crippen molar-refractivity contribution in [2.45, 2.75) is 296 Å². The van der Waals surface area contributed by atoms with Crippen LogP contribution in [0.3, 0.4) is 0 Å². The lowest BCUT2D eigenvalue weighted by Crippen LogP contribution is -2.45. The fraction of sp³-hybridized carbons (Fsp3) is 0.923. The molecule has 0 aliphatic carbocycles. The molecule has 6 nitrogen and oxygen atoms in total. The Bertz CT molecular complexity index is 863. The van der Waals surface area contributed by atoms with Crippen LogP contribution in [-0.2, 0) is 14.3 Å². The molecule has 0 spiro atoms. The number of hydrogen-bond donors (Lipinski definition) is 3. The Kier molecular flexibility index (Phi) is 47.1. The summed E-state index contributed by atoms with van der Waals surface area (Å²) in [4.78, 5) is 24.5. The molecule has 0 saturated heterocycles. The highest BCUT2D eigenvalue weighted by atomic mass is 16.5. The summed E-state index contributed by atoms with van der Waals surface area (Å²) in [5.41, 5.74) is 0. The van der Waals surface area contributed by atoms with Gasteiger partial charge in [-0.1, -0.05) is 225 Å². The van der Waals surface area contributed by atoms with Gasteiger partial charge < -0.3 is 20.3 Å². The highest BCUT2D eigenvalue weighted by molar-refractivity contribution is 5.76. The van der Waals surface area contributed by atoms with Gasteiger partial charge in [0.15, 0.2) is 0 Å². The van der Waals surface area contributed by atoms with E-state index < -0.39 is 12.1 Å². The van der Waals surface area contributed by atoms with Gasteiger partial charge in [-0.25, -0.2) is 0 Å². The number of carbonyl (C=O) groups is 2. The van der Waals surface area contributed by atoms with Crippen molar-refractivity contribution in [2.75, 3.05) is 13.2 Å². The van der Waals surface area contributed by atoms with Gasteiger partial charge in [0.1, 0.15) is 0 Å². The van der Waals surface area contributed by atoms with E-state index in [1.165, 1.54) is 173 Å². The molecule has 0 fully saturated rings. The quantitative estimate of drug-likeness (QED) is 0.0323. The van der Waals surface area contributed by atoms with Crippen LogP contribution in [0.2, 0.25) is 0 Å². The topological polar surface area (TPSA) is 95.9 Å². The highest BCUT2D eigenvalue weighted by Gasteiger charge is 2.20. The van der Waals surface area contributed by atoms with Gasteiger partial charge >= 0.3 is 5.97 Å². The van der Waals surface area contributed by atoms with Crippen LogP contribution >= 0.6 is 0 Å². The number of carbonyl (C=O) groups excluding carboxylic acids is 2. The van der Waals surface area contributed by atoms with E-state index in [0.717, 1.165) is 77.0 Å². The summed E-state index contributed by atoms with van der Waals surface area (Å²) >= 11 is 0. The van der Waals surface area contributed by atoms with Crippen molar-refractivity contribution in [1.82, 2.24) is 5.32 Å². The minimum atomic E-state index is -0.678. The van der Waals surface area contributed by atoms with Gasteiger partial charge in [-0.2, -0.15) is 0 Å². The number of allylic oxidation sites excluding steroid dienone is 2. The summed E-state index contributed by atoms with van der Waals surface area (Å²) in [7, 11) is 0. The smallest absolute Gasteiger partial charge is 0.305 e. The summed E-state index contributed by atoms with van der Waals surface area (Å²) in [6.07, 6.45) is 54.7. The second-order valence-corrected chi connectivity index (χ2v) is 17.9. The fourth-order valence-electron chi connectivity index (χ4n) is 8.05. The normalized spacial score (nSPS) is 12.7. The molecule has 6 heteroatoms. The first-order valence-electron chi connectivity index (χ1n) is 25.9. The molecule has 0 aromatic heterocycles. The molecule has 0 rings (SSSR count). The number of hydrogen-bond acceptors (Lipinski definition) is 5. The van der Waals surface area contributed by atoms with Crippen molar-refractivity contribution in [3.8, 4) is 0 Å². The van der Waals surface area contributed by atoms with Crippen LogP contribution in [0, 0.1) is 0 Å². The van der Waals surface area contributed by atoms with E-state index in [2.05, 4.69) is 31.3 Å². The van der Waals surface area contributed by atoms with Crippen molar-refractivity contribution in [2.24, 2.45) is 0 Å². The maximum Gasteiger partial charge on any atom is 0.305 e. The number of nitrogens with one attached hydrogen (secondary N) is 1. The number of rotatable bonds is 48. The van der Waals surface area contributed by atoms with E-state index in [0.29, 0.717) is 25.9 Å². The first-order chi connectivity index (χ1) is 28.5. The van der Waals surface area contributed by atoms with Crippen molar-refractivity contribution >= 4 is 11.9 Å².